The van der Waals surface area contributed by atoms with Gasteiger partial charge in [-0.15, -0.1) is 0 Å². The number of rotatable bonds is 12. The number of methoxy groups -OCH3 is 1. The van der Waals surface area contributed by atoms with E-state index in [1.807, 2.05) is 44.2 Å². The first-order chi connectivity index (χ1) is 15.8. The quantitative estimate of drug-likeness (QED) is 0.489. The summed E-state index contributed by atoms with van der Waals surface area (Å²) in [6.07, 6.45) is 0.369. The summed E-state index contributed by atoms with van der Waals surface area (Å²) >= 11 is 0. The van der Waals surface area contributed by atoms with Crippen molar-refractivity contribution in [3.05, 3.63) is 59.7 Å². The van der Waals surface area contributed by atoms with Crippen molar-refractivity contribution in [2.75, 3.05) is 13.7 Å². The number of nitrogens with one attached hydrogen (secondary N) is 2. The van der Waals surface area contributed by atoms with E-state index in [4.69, 9.17) is 9.47 Å². The van der Waals surface area contributed by atoms with E-state index in [1.54, 1.807) is 6.07 Å². The Labute approximate surface area is 192 Å². The third-order valence-corrected chi connectivity index (χ3v) is 5.14. The molecule has 33 heavy (non-hydrogen) atoms. The lowest BCUT2D eigenvalue weighted by Gasteiger charge is -2.23. The Morgan fingerprint density at radius 3 is 2.39 bits per heavy atom. The van der Waals surface area contributed by atoms with Gasteiger partial charge in [0.05, 0.1) is 7.11 Å². The van der Waals surface area contributed by atoms with Gasteiger partial charge in [0.2, 0.25) is 5.91 Å². The number of hydrogen-bond donors (Lipinski definition) is 2. The molecule has 2 atom stereocenters. The molecule has 0 bridgehead atoms. The average molecular weight is 465 g/mol. The normalized spacial score (nSPS) is 12.5. The monoisotopic (exact) mass is 464 g/mol. The van der Waals surface area contributed by atoms with Gasteiger partial charge in [0.25, 0.3) is 0 Å². The molecule has 0 aromatic heterocycles. The second-order valence-electron chi connectivity index (χ2n) is 7.47. The van der Waals surface area contributed by atoms with Gasteiger partial charge in [-0.25, -0.2) is 4.79 Å². The predicted molar refractivity (Wildman–Crippen MR) is 119 cm³/mol. The van der Waals surface area contributed by atoms with Gasteiger partial charge in [-0.2, -0.15) is 8.78 Å². The molecular formula is C24H30F2N2O5. The van der Waals surface area contributed by atoms with Gasteiger partial charge in [-0.1, -0.05) is 56.7 Å². The average Bonchev–Trinajstić information content (AvgIpc) is 2.81. The van der Waals surface area contributed by atoms with E-state index >= 15 is 0 Å². The van der Waals surface area contributed by atoms with Crippen LogP contribution in [0.3, 0.4) is 0 Å². The standard InChI is InChI=1S/C24H30F2N2O5/c1-4-16(2)21(28-24(30)32-15-18-8-6-5-7-9-18)22(29)27-13-12-17-10-11-19(31-3)20(14-17)33-23(25)26/h5-11,14,16,21,23H,4,12-13,15H2,1-3H3,(H,27,29)(H,28,30)/t16-,21-/m0/s1. The Bertz CT molecular complexity index is 896. The van der Waals surface area contributed by atoms with Crippen molar-refractivity contribution in [1.82, 2.24) is 10.6 Å². The van der Waals surface area contributed by atoms with Crippen LogP contribution in [0.4, 0.5) is 13.6 Å². The fraction of sp³-hybridized carbons (Fsp3) is 0.417. The summed E-state index contributed by atoms with van der Waals surface area (Å²) in [5.74, 6) is -0.352. The molecule has 0 aliphatic carbocycles. The van der Waals surface area contributed by atoms with Crippen LogP contribution < -0.4 is 20.1 Å². The maximum absolute atomic E-state index is 12.7. The molecule has 0 fully saturated rings. The fourth-order valence-corrected chi connectivity index (χ4v) is 3.10. The molecule has 0 aliphatic rings. The van der Waals surface area contributed by atoms with Crippen molar-refractivity contribution in [2.45, 2.75) is 45.9 Å². The van der Waals surface area contributed by atoms with Gasteiger partial charge < -0.3 is 24.8 Å². The topological polar surface area (TPSA) is 85.9 Å². The van der Waals surface area contributed by atoms with Crippen molar-refractivity contribution in [2.24, 2.45) is 5.92 Å². The summed E-state index contributed by atoms with van der Waals surface area (Å²) in [4.78, 5) is 25.0. The number of carbonyl (C=O) groups is 2. The lowest BCUT2D eigenvalue weighted by atomic mass is 9.98. The first kappa shape index (κ1) is 25.9. The number of alkyl halides is 2. The highest BCUT2D eigenvalue weighted by Gasteiger charge is 2.26. The Hall–Kier alpha value is -3.36. The molecule has 0 saturated heterocycles. The maximum atomic E-state index is 12.7. The highest BCUT2D eigenvalue weighted by molar-refractivity contribution is 5.85. The highest BCUT2D eigenvalue weighted by atomic mass is 19.3. The summed E-state index contributed by atoms with van der Waals surface area (Å²) in [7, 11) is 1.36. The molecular weight excluding hydrogens is 434 g/mol. The van der Waals surface area contributed by atoms with Crippen molar-refractivity contribution in [1.29, 1.82) is 0 Å². The molecule has 0 heterocycles. The molecule has 2 rings (SSSR count). The molecule has 0 saturated carbocycles. The van der Waals surface area contributed by atoms with Crippen LogP contribution in [0, 0.1) is 5.92 Å². The summed E-state index contributed by atoms with van der Waals surface area (Å²) in [5.41, 5.74) is 1.52. The van der Waals surface area contributed by atoms with Crippen LogP contribution in [-0.2, 0) is 22.6 Å². The second kappa shape index (κ2) is 13.2. The SMILES string of the molecule is CC[C@H](C)[C@H](NC(=O)OCc1ccccc1)C(=O)NCCc1ccc(OC)c(OC(F)F)c1. The van der Waals surface area contributed by atoms with Gasteiger partial charge in [0, 0.05) is 6.54 Å². The lowest BCUT2D eigenvalue weighted by molar-refractivity contribution is -0.124. The number of amides is 2. The van der Waals surface area contributed by atoms with Crippen LogP contribution in [-0.4, -0.2) is 38.3 Å². The Morgan fingerprint density at radius 2 is 1.76 bits per heavy atom. The van der Waals surface area contributed by atoms with Gasteiger partial charge >= 0.3 is 12.7 Å². The molecule has 2 aromatic carbocycles. The van der Waals surface area contributed by atoms with Crippen LogP contribution in [0.15, 0.2) is 48.5 Å². The summed E-state index contributed by atoms with van der Waals surface area (Å²) in [6, 6.07) is 13.1. The number of ether oxygens (including phenoxy) is 3. The summed E-state index contributed by atoms with van der Waals surface area (Å²) < 4.78 is 39.9. The number of benzene rings is 2. The van der Waals surface area contributed by atoms with E-state index in [-0.39, 0.29) is 36.5 Å². The zero-order valence-corrected chi connectivity index (χ0v) is 19.0. The van der Waals surface area contributed by atoms with Gasteiger partial charge in [0.15, 0.2) is 11.5 Å². The smallest absolute Gasteiger partial charge is 0.408 e. The van der Waals surface area contributed by atoms with E-state index in [0.29, 0.717) is 18.4 Å². The van der Waals surface area contributed by atoms with E-state index < -0.39 is 18.7 Å². The predicted octanol–water partition coefficient (Wildman–Crippen LogP) is 4.30. The third kappa shape index (κ3) is 8.59. The molecule has 0 radical (unpaired) electrons. The first-order valence-electron chi connectivity index (χ1n) is 10.7. The molecule has 0 aliphatic heterocycles. The number of hydrogen-bond acceptors (Lipinski definition) is 5. The van der Waals surface area contributed by atoms with Crippen LogP contribution in [0.2, 0.25) is 0 Å². The van der Waals surface area contributed by atoms with E-state index in [9.17, 15) is 18.4 Å². The molecule has 0 unspecified atom stereocenters. The maximum Gasteiger partial charge on any atom is 0.408 e. The number of halogens is 2. The zero-order valence-electron chi connectivity index (χ0n) is 19.0. The largest absolute Gasteiger partial charge is 0.493 e. The molecule has 2 amide bonds. The third-order valence-electron chi connectivity index (χ3n) is 5.14. The lowest BCUT2D eigenvalue weighted by Crippen LogP contribution is -2.50. The van der Waals surface area contributed by atoms with E-state index in [2.05, 4.69) is 15.4 Å². The molecule has 7 nitrogen and oxygen atoms in total. The van der Waals surface area contributed by atoms with Crippen molar-refractivity contribution in [3.8, 4) is 11.5 Å². The van der Waals surface area contributed by atoms with Crippen LogP contribution in [0.25, 0.3) is 0 Å². The van der Waals surface area contributed by atoms with Crippen molar-refractivity contribution < 1.29 is 32.6 Å². The fourth-order valence-electron chi connectivity index (χ4n) is 3.10. The molecule has 2 aromatic rings. The molecule has 180 valence electrons. The summed E-state index contributed by atoms with van der Waals surface area (Å²) in [6.45, 7) is 1.15. The van der Waals surface area contributed by atoms with Crippen LogP contribution in [0.5, 0.6) is 11.5 Å². The van der Waals surface area contributed by atoms with E-state index in [1.165, 1.54) is 19.2 Å². The van der Waals surface area contributed by atoms with Crippen molar-refractivity contribution in [3.63, 3.8) is 0 Å². The Kier molecular flexibility index (Phi) is 10.4. The minimum Gasteiger partial charge on any atom is -0.493 e. The molecule has 0 spiro atoms. The number of alkyl carbamates (subject to hydrolysis) is 1. The first-order valence-corrected chi connectivity index (χ1v) is 10.7. The Morgan fingerprint density at radius 1 is 1.03 bits per heavy atom. The summed E-state index contributed by atoms with van der Waals surface area (Å²) in [5, 5.41) is 5.42. The van der Waals surface area contributed by atoms with Gasteiger partial charge in [0.1, 0.15) is 12.6 Å². The molecule has 2 N–H and O–H groups in total. The van der Waals surface area contributed by atoms with Gasteiger partial charge in [-0.3, -0.25) is 4.79 Å². The van der Waals surface area contributed by atoms with Crippen molar-refractivity contribution >= 4 is 12.0 Å². The van der Waals surface area contributed by atoms with Crippen LogP contribution >= 0.6 is 0 Å². The zero-order chi connectivity index (χ0) is 24.2. The van der Waals surface area contributed by atoms with Gasteiger partial charge in [-0.05, 0) is 35.6 Å². The van der Waals surface area contributed by atoms with Crippen LogP contribution in [0.1, 0.15) is 31.4 Å². The van der Waals surface area contributed by atoms with E-state index in [0.717, 1.165) is 5.56 Å². The molecule has 9 heteroatoms. The second-order valence-corrected chi connectivity index (χ2v) is 7.47. The minimum atomic E-state index is -2.97. The highest BCUT2D eigenvalue weighted by Crippen LogP contribution is 2.29. The Balaban J connectivity index is 1.91. The minimum absolute atomic E-state index is 0.0726. The number of carbonyl (C=O) groups excluding carboxylic acids is 2.